The second kappa shape index (κ2) is 5.84. The Kier molecular flexibility index (Phi) is 3.89. The second-order valence-corrected chi connectivity index (χ2v) is 5.36. The first-order valence-electron chi connectivity index (χ1n) is 7.09. The molecule has 1 fully saturated rings. The van der Waals surface area contributed by atoms with Crippen LogP contribution in [0.5, 0.6) is 0 Å². The molecule has 1 aliphatic rings. The third-order valence-electron chi connectivity index (χ3n) is 3.88. The van der Waals surface area contributed by atoms with E-state index in [0.717, 1.165) is 23.2 Å². The number of carbonyl (C=O) groups excluding carboxylic acids is 1. The van der Waals surface area contributed by atoms with Gasteiger partial charge in [0.1, 0.15) is 5.69 Å². The number of nitrogens with two attached hydrogens (primary N) is 1. The van der Waals surface area contributed by atoms with Gasteiger partial charge in [-0.15, -0.1) is 0 Å². The number of likely N-dealkylation sites (tertiary alicyclic amines) is 1. The zero-order chi connectivity index (χ0) is 15.7. The number of carbonyl (C=O) groups is 1. The Labute approximate surface area is 126 Å². The Morgan fingerprint density at radius 2 is 2.05 bits per heavy atom. The van der Waals surface area contributed by atoms with Gasteiger partial charge >= 0.3 is 0 Å². The van der Waals surface area contributed by atoms with Crippen molar-refractivity contribution >= 4 is 5.91 Å². The molecule has 5 nitrogen and oxygen atoms in total. The van der Waals surface area contributed by atoms with Gasteiger partial charge in [0.05, 0.1) is 0 Å². The molecule has 0 spiro atoms. The molecule has 0 aliphatic carbocycles. The standard InChI is InChI=1S/C15H16F2N4O/c16-11-2-1-3-12(17)14(11)21-7-5-13(19-21)15(22)20-6-4-10(8-18)9-20/h1-3,5,7,10H,4,6,8-9,18H2. The lowest BCUT2D eigenvalue weighted by Crippen LogP contribution is -2.30. The molecule has 0 saturated carbocycles. The van der Waals surface area contributed by atoms with Crippen LogP contribution in [0, 0.1) is 17.6 Å². The molecular formula is C15H16F2N4O. The van der Waals surface area contributed by atoms with Crippen LogP contribution in [-0.2, 0) is 0 Å². The van der Waals surface area contributed by atoms with Crippen molar-refractivity contribution in [2.75, 3.05) is 19.6 Å². The van der Waals surface area contributed by atoms with Crippen molar-refractivity contribution in [3.63, 3.8) is 0 Å². The van der Waals surface area contributed by atoms with Crippen LogP contribution in [-0.4, -0.2) is 40.2 Å². The summed E-state index contributed by atoms with van der Waals surface area (Å²) < 4.78 is 28.5. The van der Waals surface area contributed by atoms with Gasteiger partial charge in [0.15, 0.2) is 17.3 Å². The van der Waals surface area contributed by atoms with E-state index in [2.05, 4.69) is 5.10 Å². The van der Waals surface area contributed by atoms with E-state index in [9.17, 15) is 13.6 Å². The van der Waals surface area contributed by atoms with Crippen molar-refractivity contribution < 1.29 is 13.6 Å². The fraction of sp³-hybridized carbons (Fsp3) is 0.333. The Hall–Kier alpha value is -2.28. The average Bonchev–Trinajstić information content (AvgIpc) is 3.16. The number of para-hydroxylation sites is 1. The molecule has 2 N–H and O–H groups in total. The van der Waals surface area contributed by atoms with Gasteiger partial charge < -0.3 is 10.6 Å². The average molecular weight is 306 g/mol. The first kappa shape index (κ1) is 14.6. The maximum absolute atomic E-state index is 13.7. The summed E-state index contributed by atoms with van der Waals surface area (Å²) in [5.41, 5.74) is 5.49. The SMILES string of the molecule is NCC1CCN(C(=O)c2ccn(-c3c(F)cccc3F)n2)C1. The number of hydrogen-bond donors (Lipinski definition) is 1. The Balaban J connectivity index is 1.84. The largest absolute Gasteiger partial charge is 0.337 e. The minimum Gasteiger partial charge on any atom is -0.337 e. The lowest BCUT2D eigenvalue weighted by Gasteiger charge is -2.14. The van der Waals surface area contributed by atoms with E-state index in [4.69, 9.17) is 5.73 Å². The quantitative estimate of drug-likeness (QED) is 0.936. The maximum atomic E-state index is 13.7. The third-order valence-corrected chi connectivity index (χ3v) is 3.88. The van der Waals surface area contributed by atoms with Gasteiger partial charge in [-0.2, -0.15) is 5.10 Å². The molecule has 1 unspecified atom stereocenters. The maximum Gasteiger partial charge on any atom is 0.274 e. The summed E-state index contributed by atoms with van der Waals surface area (Å²) in [6.45, 7) is 1.76. The molecule has 1 aromatic heterocycles. The Bertz CT molecular complexity index is 680. The summed E-state index contributed by atoms with van der Waals surface area (Å²) in [5, 5.41) is 4.01. The van der Waals surface area contributed by atoms with Gasteiger partial charge in [-0.1, -0.05) is 6.07 Å². The molecule has 0 bridgehead atoms. The molecule has 0 radical (unpaired) electrons. The van der Waals surface area contributed by atoms with E-state index in [0.29, 0.717) is 25.6 Å². The number of amides is 1. The number of aromatic nitrogens is 2. The van der Waals surface area contributed by atoms with Gasteiger partial charge in [-0.3, -0.25) is 4.79 Å². The number of nitrogens with zero attached hydrogens (tertiary/aromatic N) is 3. The summed E-state index contributed by atoms with van der Waals surface area (Å²) in [4.78, 5) is 14.0. The molecule has 2 aromatic rings. The van der Waals surface area contributed by atoms with Crippen LogP contribution in [0.4, 0.5) is 8.78 Å². The van der Waals surface area contributed by atoms with E-state index >= 15 is 0 Å². The zero-order valence-electron chi connectivity index (χ0n) is 11.9. The monoisotopic (exact) mass is 306 g/mol. The summed E-state index contributed by atoms with van der Waals surface area (Å²) in [6, 6.07) is 5.03. The smallest absolute Gasteiger partial charge is 0.274 e. The number of rotatable bonds is 3. The van der Waals surface area contributed by atoms with Crippen molar-refractivity contribution in [3.05, 3.63) is 47.8 Å². The lowest BCUT2D eigenvalue weighted by atomic mass is 10.1. The van der Waals surface area contributed by atoms with E-state index in [-0.39, 0.29) is 17.3 Å². The van der Waals surface area contributed by atoms with Gasteiger partial charge in [-0.05, 0) is 37.1 Å². The summed E-state index contributed by atoms with van der Waals surface area (Å²) in [7, 11) is 0. The minimum atomic E-state index is -0.730. The van der Waals surface area contributed by atoms with Crippen molar-refractivity contribution in [1.82, 2.24) is 14.7 Å². The van der Waals surface area contributed by atoms with Crippen LogP contribution < -0.4 is 5.73 Å². The summed E-state index contributed by atoms with van der Waals surface area (Å²) in [5.74, 6) is -1.40. The molecular weight excluding hydrogens is 290 g/mol. The molecule has 22 heavy (non-hydrogen) atoms. The minimum absolute atomic E-state index is 0.167. The van der Waals surface area contributed by atoms with Gasteiger partial charge in [0, 0.05) is 19.3 Å². The molecule has 2 heterocycles. The topological polar surface area (TPSA) is 64.2 Å². The van der Waals surface area contributed by atoms with Crippen molar-refractivity contribution in [3.8, 4) is 5.69 Å². The van der Waals surface area contributed by atoms with Gasteiger partial charge in [0.2, 0.25) is 0 Å². The fourth-order valence-corrected chi connectivity index (χ4v) is 2.64. The van der Waals surface area contributed by atoms with Crippen LogP contribution in [0.2, 0.25) is 0 Å². The first-order valence-corrected chi connectivity index (χ1v) is 7.09. The van der Waals surface area contributed by atoms with Crippen molar-refractivity contribution in [2.45, 2.75) is 6.42 Å². The molecule has 1 amide bonds. The highest BCUT2D eigenvalue weighted by molar-refractivity contribution is 5.92. The molecule has 1 aromatic carbocycles. The second-order valence-electron chi connectivity index (χ2n) is 5.36. The summed E-state index contributed by atoms with van der Waals surface area (Å²) in [6.07, 6.45) is 2.25. The molecule has 1 atom stereocenters. The normalized spacial score (nSPS) is 18.0. The molecule has 3 rings (SSSR count). The molecule has 1 saturated heterocycles. The summed E-state index contributed by atoms with van der Waals surface area (Å²) >= 11 is 0. The van der Waals surface area contributed by atoms with E-state index < -0.39 is 11.6 Å². The van der Waals surface area contributed by atoms with Gasteiger partial charge in [-0.25, -0.2) is 13.5 Å². The fourth-order valence-electron chi connectivity index (χ4n) is 2.64. The number of halogens is 2. The molecule has 7 heteroatoms. The van der Waals surface area contributed by atoms with Crippen LogP contribution in [0.25, 0.3) is 5.69 Å². The number of benzene rings is 1. The van der Waals surface area contributed by atoms with Crippen LogP contribution in [0.3, 0.4) is 0 Å². The highest BCUT2D eigenvalue weighted by Crippen LogP contribution is 2.19. The lowest BCUT2D eigenvalue weighted by molar-refractivity contribution is 0.0781. The third kappa shape index (κ3) is 2.59. The first-order chi connectivity index (χ1) is 10.6. The zero-order valence-corrected chi connectivity index (χ0v) is 11.9. The molecule has 116 valence electrons. The highest BCUT2D eigenvalue weighted by Gasteiger charge is 2.27. The van der Waals surface area contributed by atoms with Crippen molar-refractivity contribution in [1.29, 1.82) is 0 Å². The number of hydrogen-bond acceptors (Lipinski definition) is 3. The van der Waals surface area contributed by atoms with E-state index in [1.54, 1.807) is 4.90 Å². The van der Waals surface area contributed by atoms with Crippen molar-refractivity contribution in [2.24, 2.45) is 11.7 Å². The van der Waals surface area contributed by atoms with Crippen LogP contribution >= 0.6 is 0 Å². The predicted octanol–water partition coefficient (Wildman–Crippen LogP) is 1.57. The van der Waals surface area contributed by atoms with Crippen LogP contribution in [0.15, 0.2) is 30.5 Å². The predicted molar refractivity (Wildman–Crippen MR) is 76.5 cm³/mol. The van der Waals surface area contributed by atoms with E-state index in [1.165, 1.54) is 18.3 Å². The Morgan fingerprint density at radius 1 is 1.32 bits per heavy atom. The van der Waals surface area contributed by atoms with Crippen LogP contribution in [0.1, 0.15) is 16.9 Å². The molecule has 1 aliphatic heterocycles. The van der Waals surface area contributed by atoms with Gasteiger partial charge in [0.25, 0.3) is 5.91 Å². The van der Waals surface area contributed by atoms with E-state index in [1.807, 2.05) is 0 Å². The highest BCUT2D eigenvalue weighted by atomic mass is 19.1. The Morgan fingerprint density at radius 3 is 2.68 bits per heavy atom.